The van der Waals surface area contributed by atoms with E-state index in [1.54, 1.807) is 12.3 Å². The zero-order chi connectivity index (χ0) is 41.4. The van der Waals surface area contributed by atoms with Crippen molar-refractivity contribution >= 4 is 13.8 Å². The number of nitrogens with zero attached hydrogens (tertiary/aromatic N) is 1. The van der Waals surface area contributed by atoms with E-state index in [0.717, 1.165) is 38.5 Å². The Morgan fingerprint density at radius 2 is 1.20 bits per heavy atom. The molecular weight excluding hydrogens is 725 g/mol. The maximum Gasteiger partial charge on any atom is 0.472 e. The van der Waals surface area contributed by atoms with Crippen molar-refractivity contribution in [3.63, 3.8) is 0 Å². The second-order valence-electron chi connectivity index (χ2n) is 15.6. The molecule has 324 valence electrons. The number of phosphoric ester groups is 1. The van der Waals surface area contributed by atoms with Gasteiger partial charge in [0, 0.05) is 6.42 Å². The maximum atomic E-state index is 12.5. The number of phosphoric acid groups is 1. The van der Waals surface area contributed by atoms with Crippen LogP contribution >= 0.6 is 7.82 Å². The van der Waals surface area contributed by atoms with Crippen molar-refractivity contribution < 1.29 is 42.4 Å². The minimum atomic E-state index is -4.32. The van der Waals surface area contributed by atoms with Crippen molar-refractivity contribution in [1.82, 2.24) is 0 Å². The van der Waals surface area contributed by atoms with E-state index in [2.05, 4.69) is 50.3 Å². The third-order valence-corrected chi connectivity index (χ3v) is 9.92. The summed E-state index contributed by atoms with van der Waals surface area (Å²) in [5.41, 5.74) is 0. The molecule has 0 heterocycles. The lowest BCUT2D eigenvalue weighted by Crippen LogP contribution is -2.37. The van der Waals surface area contributed by atoms with E-state index in [0.29, 0.717) is 23.9 Å². The molecule has 0 aliphatic heterocycles. The normalized spacial score (nSPS) is 15.0. The molecule has 0 bridgehead atoms. The highest BCUT2D eigenvalue weighted by atomic mass is 31.2. The topological polar surface area (TPSA) is 112 Å². The monoisotopic (exact) mass is 809 g/mol. The summed E-state index contributed by atoms with van der Waals surface area (Å²) in [5, 5.41) is 10.3. The number of carbonyl (C=O) groups excluding carboxylic acids is 1. The molecule has 0 saturated carbocycles. The molecule has 2 N–H and O–H groups in total. The molecule has 3 atom stereocenters. The number of carbonyl (C=O) groups is 1. The van der Waals surface area contributed by atoms with Crippen LogP contribution in [0.5, 0.6) is 0 Å². The second kappa shape index (κ2) is 38.3. The van der Waals surface area contributed by atoms with Gasteiger partial charge in [-0.25, -0.2) is 4.57 Å². The number of hydrogen-bond acceptors (Lipinski definition) is 7. The van der Waals surface area contributed by atoms with E-state index in [4.69, 9.17) is 18.5 Å². The molecule has 10 heteroatoms. The molecule has 0 spiro atoms. The largest absolute Gasteiger partial charge is 0.492 e. The third-order valence-electron chi connectivity index (χ3n) is 8.93. The number of rotatable bonds is 39. The number of ether oxygens (including phenoxy) is 2. The van der Waals surface area contributed by atoms with E-state index >= 15 is 0 Å². The van der Waals surface area contributed by atoms with Crippen molar-refractivity contribution in [1.29, 1.82) is 0 Å². The summed E-state index contributed by atoms with van der Waals surface area (Å²) >= 11 is 0. The van der Waals surface area contributed by atoms with Gasteiger partial charge in [-0.2, -0.15) is 0 Å². The Morgan fingerprint density at radius 3 is 1.84 bits per heavy atom. The Kier molecular flexibility index (Phi) is 36.7. The Bertz CT molecular complexity index is 1140. The average molecular weight is 809 g/mol. The van der Waals surface area contributed by atoms with Gasteiger partial charge in [0.15, 0.2) is 6.10 Å². The fraction of sp³-hybridized carbons (Fsp3) is 0.717. The molecule has 0 aromatic carbocycles. The van der Waals surface area contributed by atoms with Crippen molar-refractivity contribution in [2.45, 2.75) is 167 Å². The zero-order valence-corrected chi connectivity index (χ0v) is 37.1. The number of esters is 1. The summed E-state index contributed by atoms with van der Waals surface area (Å²) < 4.78 is 34.6. The van der Waals surface area contributed by atoms with E-state index in [9.17, 15) is 19.4 Å². The number of aliphatic hydroxyl groups excluding tert-OH is 1. The van der Waals surface area contributed by atoms with E-state index in [-0.39, 0.29) is 26.2 Å². The molecule has 0 saturated heterocycles. The number of allylic oxidation sites excluding steroid dienone is 10. The van der Waals surface area contributed by atoms with Gasteiger partial charge in [0.1, 0.15) is 19.8 Å². The Labute approximate surface area is 343 Å². The summed E-state index contributed by atoms with van der Waals surface area (Å²) in [5.74, 6) is -0.439. The van der Waals surface area contributed by atoms with Crippen LogP contribution in [0.1, 0.15) is 155 Å². The average Bonchev–Trinajstić information content (AvgIpc) is 3.14. The Hall–Kier alpha value is -2.26. The fourth-order valence-corrected chi connectivity index (χ4v) is 6.14. The molecule has 0 aromatic heterocycles. The van der Waals surface area contributed by atoms with Gasteiger partial charge in [-0.3, -0.25) is 13.8 Å². The van der Waals surface area contributed by atoms with Crippen molar-refractivity contribution in [3.05, 3.63) is 73.1 Å². The Morgan fingerprint density at radius 1 is 0.661 bits per heavy atom. The van der Waals surface area contributed by atoms with Gasteiger partial charge in [0.05, 0.1) is 40.1 Å². The van der Waals surface area contributed by atoms with Gasteiger partial charge < -0.3 is 24.0 Å². The first-order chi connectivity index (χ1) is 27.0. The van der Waals surface area contributed by atoms with E-state index in [1.807, 2.05) is 45.4 Å². The van der Waals surface area contributed by atoms with Crippen molar-refractivity contribution in [2.75, 3.05) is 47.5 Å². The molecule has 0 rings (SSSR count). The first-order valence-corrected chi connectivity index (χ1v) is 23.3. The molecular formula is C46H83NO8P+. The summed E-state index contributed by atoms with van der Waals surface area (Å²) in [6.07, 6.45) is 46.4. The van der Waals surface area contributed by atoms with Gasteiger partial charge in [0.25, 0.3) is 0 Å². The number of likely N-dealkylation sites (N-methyl/N-ethyl adjacent to an activating group) is 1. The summed E-state index contributed by atoms with van der Waals surface area (Å²) in [6.45, 7) is 4.62. The van der Waals surface area contributed by atoms with Crippen molar-refractivity contribution in [2.24, 2.45) is 0 Å². The quantitative estimate of drug-likeness (QED) is 0.0120. The van der Waals surface area contributed by atoms with Gasteiger partial charge in [-0.1, -0.05) is 132 Å². The highest BCUT2D eigenvalue weighted by Gasteiger charge is 2.25. The molecule has 9 nitrogen and oxygen atoms in total. The predicted octanol–water partition coefficient (Wildman–Crippen LogP) is 12.0. The zero-order valence-electron chi connectivity index (χ0n) is 36.2. The van der Waals surface area contributed by atoms with Crippen LogP contribution < -0.4 is 0 Å². The van der Waals surface area contributed by atoms with Gasteiger partial charge in [0.2, 0.25) is 0 Å². The number of quaternary nitrogens is 1. The molecule has 56 heavy (non-hydrogen) atoms. The first kappa shape index (κ1) is 53.7. The van der Waals surface area contributed by atoms with Crippen LogP contribution in [0.4, 0.5) is 0 Å². The lowest BCUT2D eigenvalue weighted by atomic mass is 10.1. The summed E-state index contributed by atoms with van der Waals surface area (Å²) in [6, 6.07) is 0. The summed E-state index contributed by atoms with van der Waals surface area (Å²) in [4.78, 5) is 22.7. The predicted molar refractivity (Wildman–Crippen MR) is 234 cm³/mol. The smallest absolute Gasteiger partial charge is 0.472 e. The van der Waals surface area contributed by atoms with Crippen LogP contribution in [-0.2, 0) is 27.9 Å². The van der Waals surface area contributed by atoms with E-state index < -0.39 is 26.0 Å². The molecule has 0 aromatic rings. The Balaban J connectivity index is 4.51. The van der Waals surface area contributed by atoms with E-state index in [1.165, 1.54) is 83.5 Å². The molecule has 0 amide bonds. The highest BCUT2D eigenvalue weighted by Crippen LogP contribution is 2.43. The van der Waals surface area contributed by atoms with Crippen LogP contribution in [0.3, 0.4) is 0 Å². The molecule has 1 unspecified atom stereocenters. The lowest BCUT2D eigenvalue weighted by Gasteiger charge is -2.24. The van der Waals surface area contributed by atoms with Crippen LogP contribution in [0.2, 0.25) is 0 Å². The maximum absolute atomic E-state index is 12.5. The van der Waals surface area contributed by atoms with Crippen LogP contribution in [-0.4, -0.2) is 80.2 Å². The number of hydrogen-bond donors (Lipinski definition) is 2. The third kappa shape index (κ3) is 41.4. The van der Waals surface area contributed by atoms with Gasteiger partial charge >= 0.3 is 13.8 Å². The minimum absolute atomic E-state index is 0.0555. The molecule has 0 aliphatic rings. The fourth-order valence-electron chi connectivity index (χ4n) is 5.40. The van der Waals surface area contributed by atoms with Crippen LogP contribution in [0, 0.1) is 0 Å². The number of aliphatic hydroxyl groups is 1. The van der Waals surface area contributed by atoms with Crippen LogP contribution in [0.15, 0.2) is 73.1 Å². The molecule has 0 radical (unpaired) electrons. The highest BCUT2D eigenvalue weighted by molar-refractivity contribution is 7.47. The van der Waals surface area contributed by atoms with Crippen LogP contribution in [0.25, 0.3) is 0 Å². The summed E-state index contributed by atoms with van der Waals surface area (Å²) in [7, 11) is 1.56. The SMILES string of the molecule is CCCCC/C=C\C/C=C\C/C=C\C=C\[C@@H](O)CCCC(=O)OC[C@H](COP(=O)(O)OCC[N+](C)(C)C)O/C=C/CCCCCCCC/C=C\CCCCCC. The second-order valence-corrected chi connectivity index (χ2v) is 17.1. The molecule has 0 aliphatic carbocycles. The van der Waals surface area contributed by atoms with Gasteiger partial charge in [-0.15, -0.1) is 0 Å². The first-order valence-electron chi connectivity index (χ1n) is 21.8. The number of unbranched alkanes of at least 4 members (excludes halogenated alkanes) is 14. The molecule has 0 fully saturated rings. The lowest BCUT2D eigenvalue weighted by molar-refractivity contribution is -0.870. The van der Waals surface area contributed by atoms with Crippen molar-refractivity contribution in [3.8, 4) is 0 Å². The minimum Gasteiger partial charge on any atom is -0.492 e. The van der Waals surface area contributed by atoms with Gasteiger partial charge in [-0.05, 0) is 83.1 Å². The standard InChI is InChI=1S/C46H82NO8P/c1-6-8-10-12-14-16-18-20-21-22-24-26-28-30-32-34-40-52-45(43-55-56(50,51)54-41-39-47(3,4)5)42-53-46(49)38-35-37-44(48)36-33-31-29-27-25-23-19-17-15-13-11-9-7-2/h15-18,23,25,29,31,33-34,36,40,44-45,48H,6-14,19-22,24,26-28,30,32,35,37-39,41-43H2,1-5H3/p+1/b17-15-,18-16-,25-23-,31-29-,36-33+,40-34+/t44-,45-/m1/s1.